The number of sulfonamides is 1. The zero-order chi connectivity index (χ0) is 19.4. The summed E-state index contributed by atoms with van der Waals surface area (Å²) in [5, 5.41) is 0. The van der Waals surface area contributed by atoms with Crippen LogP contribution >= 0.6 is 0 Å². The maximum absolute atomic E-state index is 13.0. The van der Waals surface area contributed by atoms with Crippen LogP contribution in [0.5, 0.6) is 0 Å². The van der Waals surface area contributed by atoms with Crippen molar-refractivity contribution in [1.82, 2.24) is 4.31 Å². The maximum atomic E-state index is 13.0. The van der Waals surface area contributed by atoms with Crippen molar-refractivity contribution in [3.8, 4) is 0 Å². The molecule has 2 aliphatic carbocycles. The van der Waals surface area contributed by atoms with Crippen LogP contribution < -0.4 is 0 Å². The highest BCUT2D eigenvalue weighted by Crippen LogP contribution is 2.65. The molecule has 5 heteroatoms. The first-order chi connectivity index (χ1) is 12.7. The summed E-state index contributed by atoms with van der Waals surface area (Å²) in [6.07, 6.45) is 6.97. The van der Waals surface area contributed by atoms with E-state index in [9.17, 15) is 13.2 Å². The fourth-order valence-electron chi connectivity index (χ4n) is 5.26. The van der Waals surface area contributed by atoms with E-state index in [0.717, 1.165) is 43.2 Å². The van der Waals surface area contributed by atoms with E-state index < -0.39 is 10.0 Å². The minimum atomic E-state index is -3.41. The summed E-state index contributed by atoms with van der Waals surface area (Å²) in [6.45, 7) is 7.73. The van der Waals surface area contributed by atoms with E-state index in [-0.39, 0.29) is 16.6 Å². The summed E-state index contributed by atoms with van der Waals surface area (Å²) in [4.78, 5) is 13.3. The monoisotopic (exact) mass is 387 g/mol. The number of rotatable bonds is 3. The van der Waals surface area contributed by atoms with Crippen LogP contribution in [0.1, 0.15) is 58.4 Å². The molecule has 27 heavy (non-hydrogen) atoms. The number of allylic oxidation sites excluding steroid dienone is 1. The third-order valence-corrected chi connectivity index (χ3v) is 9.43. The van der Waals surface area contributed by atoms with Gasteiger partial charge in [0.15, 0.2) is 5.78 Å². The van der Waals surface area contributed by atoms with Crippen LogP contribution in [0.25, 0.3) is 6.08 Å². The Morgan fingerprint density at radius 1 is 1.04 bits per heavy atom. The van der Waals surface area contributed by atoms with Crippen molar-refractivity contribution in [3.05, 3.63) is 35.4 Å². The van der Waals surface area contributed by atoms with Crippen molar-refractivity contribution in [2.45, 2.75) is 57.8 Å². The highest BCUT2D eigenvalue weighted by Gasteiger charge is 2.63. The Labute approximate surface area is 162 Å². The number of carbonyl (C=O) groups excluding carboxylic acids is 1. The molecule has 2 bridgehead atoms. The number of Topliss-reactive ketones (excluding diaryl/α,β-unsaturated/α-hetero) is 1. The lowest BCUT2D eigenvalue weighted by Gasteiger charge is -2.31. The predicted octanol–water partition coefficient (Wildman–Crippen LogP) is 4.27. The van der Waals surface area contributed by atoms with Crippen molar-refractivity contribution < 1.29 is 13.2 Å². The molecule has 0 spiro atoms. The molecule has 3 aliphatic rings. The number of benzene rings is 1. The molecule has 2 atom stereocenters. The number of piperidine rings is 1. The number of carbonyl (C=O) groups is 1. The van der Waals surface area contributed by atoms with Crippen LogP contribution in [0.2, 0.25) is 0 Å². The van der Waals surface area contributed by atoms with Gasteiger partial charge in [0.1, 0.15) is 0 Å². The summed E-state index contributed by atoms with van der Waals surface area (Å²) in [7, 11) is -3.41. The maximum Gasteiger partial charge on any atom is 0.243 e. The van der Waals surface area contributed by atoms with Crippen LogP contribution in [-0.2, 0) is 14.8 Å². The van der Waals surface area contributed by atoms with E-state index in [1.165, 1.54) is 0 Å². The van der Waals surface area contributed by atoms with Gasteiger partial charge in [-0.15, -0.1) is 0 Å². The molecular weight excluding hydrogens is 358 g/mol. The van der Waals surface area contributed by atoms with Crippen molar-refractivity contribution in [2.24, 2.45) is 16.7 Å². The number of fused-ring (bicyclic) bond motifs is 2. The lowest BCUT2D eigenvalue weighted by Crippen LogP contribution is -2.35. The largest absolute Gasteiger partial charge is 0.294 e. The molecule has 0 radical (unpaired) electrons. The van der Waals surface area contributed by atoms with Crippen molar-refractivity contribution >= 4 is 21.9 Å². The molecule has 1 aromatic rings. The molecule has 3 fully saturated rings. The zero-order valence-electron chi connectivity index (χ0n) is 16.5. The van der Waals surface area contributed by atoms with E-state index in [4.69, 9.17) is 0 Å². The minimum Gasteiger partial charge on any atom is -0.294 e. The first kappa shape index (κ1) is 18.9. The Kier molecular flexibility index (Phi) is 4.39. The summed E-state index contributed by atoms with van der Waals surface area (Å²) in [5.41, 5.74) is 1.55. The van der Waals surface area contributed by atoms with Gasteiger partial charge in [-0.05, 0) is 66.4 Å². The topological polar surface area (TPSA) is 54.5 Å². The van der Waals surface area contributed by atoms with Crippen molar-refractivity contribution in [2.75, 3.05) is 13.1 Å². The van der Waals surface area contributed by atoms with Gasteiger partial charge in [0.25, 0.3) is 0 Å². The van der Waals surface area contributed by atoms with Crippen LogP contribution in [-0.4, -0.2) is 31.6 Å². The summed E-state index contributed by atoms with van der Waals surface area (Å²) < 4.78 is 27.2. The first-order valence-electron chi connectivity index (χ1n) is 10.0. The first-order valence-corrected chi connectivity index (χ1v) is 11.5. The van der Waals surface area contributed by atoms with Crippen LogP contribution in [0, 0.1) is 16.7 Å². The molecule has 146 valence electrons. The third kappa shape index (κ3) is 2.73. The smallest absolute Gasteiger partial charge is 0.243 e. The highest BCUT2D eigenvalue weighted by atomic mass is 32.2. The molecule has 1 aromatic carbocycles. The van der Waals surface area contributed by atoms with Gasteiger partial charge in [0.2, 0.25) is 10.0 Å². The summed E-state index contributed by atoms with van der Waals surface area (Å²) >= 11 is 0. The van der Waals surface area contributed by atoms with Gasteiger partial charge in [-0.25, -0.2) is 8.42 Å². The number of ketones is 1. The standard InChI is InChI=1S/C22H29NO3S/c1-21(2)19-11-12-22(21,3)20(24)18(19)15-16-7-9-17(10-8-16)27(25,26)23-13-5-4-6-14-23/h7-10,15,19H,4-6,11-14H2,1-3H3/b18-15-. The zero-order valence-corrected chi connectivity index (χ0v) is 17.3. The Morgan fingerprint density at radius 2 is 1.67 bits per heavy atom. The van der Waals surface area contributed by atoms with Gasteiger partial charge in [0, 0.05) is 18.5 Å². The Bertz CT molecular complexity index is 892. The van der Waals surface area contributed by atoms with Gasteiger partial charge >= 0.3 is 0 Å². The fourth-order valence-corrected chi connectivity index (χ4v) is 6.78. The molecule has 0 amide bonds. The molecule has 0 aromatic heterocycles. The normalized spacial score (nSPS) is 32.3. The van der Waals surface area contributed by atoms with E-state index in [0.29, 0.717) is 23.9 Å². The van der Waals surface area contributed by atoms with Gasteiger partial charge in [-0.3, -0.25) is 4.79 Å². The fraction of sp³-hybridized carbons (Fsp3) is 0.591. The second-order valence-electron chi connectivity index (χ2n) is 9.11. The molecule has 0 N–H and O–H groups in total. The molecule has 4 nitrogen and oxygen atoms in total. The van der Waals surface area contributed by atoms with Gasteiger partial charge in [-0.1, -0.05) is 39.3 Å². The van der Waals surface area contributed by atoms with E-state index in [2.05, 4.69) is 20.8 Å². The quantitative estimate of drug-likeness (QED) is 0.728. The third-order valence-electron chi connectivity index (χ3n) is 7.52. The Balaban J connectivity index is 1.61. The SMILES string of the molecule is CC12CCC(/C(=C/c3ccc(S(=O)(=O)N4CCCCC4)cc3)C1=O)C2(C)C. The van der Waals surface area contributed by atoms with Crippen LogP contribution in [0.15, 0.2) is 34.7 Å². The Morgan fingerprint density at radius 3 is 2.22 bits per heavy atom. The average molecular weight is 388 g/mol. The minimum absolute atomic E-state index is 0.00649. The van der Waals surface area contributed by atoms with Gasteiger partial charge in [0.05, 0.1) is 4.90 Å². The molecule has 1 saturated heterocycles. The molecule has 2 unspecified atom stereocenters. The second-order valence-corrected chi connectivity index (χ2v) is 11.0. The predicted molar refractivity (Wildman–Crippen MR) is 107 cm³/mol. The number of nitrogens with zero attached hydrogens (tertiary/aromatic N) is 1. The summed E-state index contributed by atoms with van der Waals surface area (Å²) in [6, 6.07) is 7.03. The van der Waals surface area contributed by atoms with E-state index >= 15 is 0 Å². The molecular formula is C22H29NO3S. The lowest BCUT2D eigenvalue weighted by molar-refractivity contribution is -0.125. The highest BCUT2D eigenvalue weighted by molar-refractivity contribution is 7.89. The molecule has 2 saturated carbocycles. The lowest BCUT2D eigenvalue weighted by atomic mass is 9.70. The Hall–Kier alpha value is -1.46. The van der Waals surface area contributed by atoms with Gasteiger partial charge < -0.3 is 0 Å². The van der Waals surface area contributed by atoms with Crippen LogP contribution in [0.4, 0.5) is 0 Å². The van der Waals surface area contributed by atoms with Gasteiger partial charge in [-0.2, -0.15) is 4.31 Å². The average Bonchev–Trinajstić information content (AvgIpc) is 2.97. The molecule has 1 heterocycles. The summed E-state index contributed by atoms with van der Waals surface area (Å²) in [5.74, 6) is 0.570. The van der Waals surface area contributed by atoms with Crippen molar-refractivity contribution in [3.63, 3.8) is 0 Å². The number of hydrogen-bond donors (Lipinski definition) is 0. The number of hydrogen-bond acceptors (Lipinski definition) is 3. The molecule has 1 aliphatic heterocycles. The molecule has 4 rings (SSSR count). The van der Waals surface area contributed by atoms with E-state index in [1.54, 1.807) is 16.4 Å². The van der Waals surface area contributed by atoms with Crippen molar-refractivity contribution in [1.29, 1.82) is 0 Å². The second kappa shape index (κ2) is 6.28. The van der Waals surface area contributed by atoms with Crippen LogP contribution in [0.3, 0.4) is 0 Å². The van der Waals surface area contributed by atoms with E-state index in [1.807, 2.05) is 18.2 Å².